The molecule has 2 aliphatic rings. The Morgan fingerprint density at radius 2 is 2.11 bits per heavy atom. The Morgan fingerprint density at radius 3 is 2.84 bits per heavy atom. The first-order chi connectivity index (χ1) is 17.7. The maximum absolute atomic E-state index is 14.7. The Kier molecular flexibility index (Phi) is 7.36. The highest BCUT2D eigenvalue weighted by molar-refractivity contribution is 6.30. The number of aryl methyl sites for hydroxylation is 1. The van der Waals surface area contributed by atoms with Crippen LogP contribution in [0.4, 0.5) is 10.2 Å². The molecular weight excluding hydrogens is 495 g/mol. The van der Waals surface area contributed by atoms with E-state index in [4.69, 9.17) is 26.7 Å². The summed E-state index contributed by atoms with van der Waals surface area (Å²) in [6.45, 7) is 8.81. The number of anilines is 1. The summed E-state index contributed by atoms with van der Waals surface area (Å²) in [7, 11) is 0. The number of carboxylic acid groups (broad SMARTS) is 1. The Balaban J connectivity index is 1.36. The number of rotatable bonds is 7. The van der Waals surface area contributed by atoms with Crippen LogP contribution < -0.4 is 4.90 Å². The van der Waals surface area contributed by atoms with Crippen LogP contribution in [-0.4, -0.2) is 67.4 Å². The van der Waals surface area contributed by atoms with Gasteiger partial charge in [-0.05, 0) is 64.1 Å². The standard InChI is InChI=1S/C27H34ClFN6O2/c1-16-15-33(12-10-23(16)34-11-4-5-20(34)7-9-25(36)37)24-14-30-26-17(2)32-35(27(26)31-24)18(3)21-8-6-19(28)13-22(21)29/h6,8,13-14,16,18,20,23H,4-5,7,9-12,15H2,1-3H3,(H,36,37)/t16-,18?,20+,23+/m1/s1. The van der Waals surface area contributed by atoms with Gasteiger partial charge in [-0.25, -0.2) is 19.0 Å². The van der Waals surface area contributed by atoms with Gasteiger partial charge in [0.15, 0.2) is 5.65 Å². The Morgan fingerprint density at radius 1 is 1.30 bits per heavy atom. The molecule has 2 fully saturated rings. The molecule has 8 nitrogen and oxygen atoms in total. The second kappa shape index (κ2) is 10.5. The van der Waals surface area contributed by atoms with Crippen molar-refractivity contribution in [2.45, 2.75) is 71.0 Å². The van der Waals surface area contributed by atoms with Crippen molar-refractivity contribution in [3.05, 3.63) is 46.5 Å². The van der Waals surface area contributed by atoms with Crippen molar-refractivity contribution in [2.24, 2.45) is 5.92 Å². The van der Waals surface area contributed by atoms with Crippen molar-refractivity contribution in [3.8, 4) is 0 Å². The minimum atomic E-state index is -0.716. The molecule has 5 rings (SSSR count). The van der Waals surface area contributed by atoms with Gasteiger partial charge in [0.05, 0.1) is 17.9 Å². The van der Waals surface area contributed by atoms with Gasteiger partial charge in [-0.15, -0.1) is 0 Å². The molecule has 4 atom stereocenters. The van der Waals surface area contributed by atoms with Crippen LogP contribution in [-0.2, 0) is 4.79 Å². The minimum Gasteiger partial charge on any atom is -0.481 e. The first-order valence-corrected chi connectivity index (χ1v) is 13.5. The predicted molar refractivity (Wildman–Crippen MR) is 142 cm³/mol. The summed E-state index contributed by atoms with van der Waals surface area (Å²) in [5.74, 6) is 0.119. The quantitative estimate of drug-likeness (QED) is 0.457. The van der Waals surface area contributed by atoms with Crippen LogP contribution in [0.1, 0.15) is 63.3 Å². The van der Waals surface area contributed by atoms with Crippen LogP contribution in [0.3, 0.4) is 0 Å². The van der Waals surface area contributed by atoms with Crippen molar-refractivity contribution < 1.29 is 14.3 Å². The fraction of sp³-hybridized carbons (Fsp3) is 0.556. The first-order valence-electron chi connectivity index (χ1n) is 13.1. The summed E-state index contributed by atoms with van der Waals surface area (Å²) in [5.41, 5.74) is 2.61. The summed E-state index contributed by atoms with van der Waals surface area (Å²) in [6, 6.07) is 5.12. The molecule has 0 bridgehead atoms. The maximum atomic E-state index is 14.7. The number of hydrogen-bond acceptors (Lipinski definition) is 6. The lowest BCUT2D eigenvalue weighted by Crippen LogP contribution is -2.52. The molecule has 4 heterocycles. The van der Waals surface area contributed by atoms with Crippen LogP contribution in [0.5, 0.6) is 0 Å². The monoisotopic (exact) mass is 528 g/mol. The number of halogens is 2. The molecule has 37 heavy (non-hydrogen) atoms. The lowest BCUT2D eigenvalue weighted by Gasteiger charge is -2.43. The van der Waals surface area contributed by atoms with E-state index in [1.54, 1.807) is 16.8 Å². The van der Waals surface area contributed by atoms with Crippen molar-refractivity contribution >= 4 is 34.6 Å². The fourth-order valence-electron chi connectivity index (χ4n) is 6.16. The van der Waals surface area contributed by atoms with E-state index in [1.165, 1.54) is 6.07 Å². The summed E-state index contributed by atoms with van der Waals surface area (Å²) < 4.78 is 16.4. The molecule has 2 saturated heterocycles. The summed E-state index contributed by atoms with van der Waals surface area (Å²) >= 11 is 5.96. The van der Waals surface area contributed by atoms with Crippen molar-refractivity contribution in [1.29, 1.82) is 0 Å². The van der Waals surface area contributed by atoms with E-state index in [0.29, 0.717) is 39.8 Å². The topological polar surface area (TPSA) is 87.4 Å². The van der Waals surface area contributed by atoms with Gasteiger partial charge in [0.2, 0.25) is 0 Å². The number of aromatic nitrogens is 4. The van der Waals surface area contributed by atoms with Gasteiger partial charge in [0, 0.05) is 42.2 Å². The number of benzene rings is 1. The number of carboxylic acids is 1. The molecule has 3 aromatic rings. The molecule has 10 heteroatoms. The van der Waals surface area contributed by atoms with Gasteiger partial charge in [-0.2, -0.15) is 5.10 Å². The molecule has 0 radical (unpaired) electrons. The largest absolute Gasteiger partial charge is 0.481 e. The van der Waals surface area contributed by atoms with E-state index in [2.05, 4.69) is 21.8 Å². The Labute approximate surface area is 221 Å². The fourth-order valence-corrected chi connectivity index (χ4v) is 6.32. The molecule has 0 spiro atoms. The zero-order valence-electron chi connectivity index (χ0n) is 21.6. The van der Waals surface area contributed by atoms with Crippen LogP contribution >= 0.6 is 11.6 Å². The number of fused-ring (bicyclic) bond motifs is 1. The number of aliphatic carboxylic acids is 1. The zero-order valence-corrected chi connectivity index (χ0v) is 22.3. The number of piperidine rings is 1. The molecule has 1 unspecified atom stereocenters. The minimum absolute atomic E-state index is 0.232. The predicted octanol–water partition coefficient (Wildman–Crippen LogP) is 5.08. The third-order valence-corrected chi connectivity index (χ3v) is 8.30. The molecule has 2 aromatic heterocycles. The molecule has 1 N–H and O–H groups in total. The molecule has 1 aromatic carbocycles. The maximum Gasteiger partial charge on any atom is 0.303 e. The summed E-state index contributed by atoms with van der Waals surface area (Å²) in [6.07, 6.45) is 5.98. The van der Waals surface area contributed by atoms with Crippen LogP contribution in [0, 0.1) is 18.7 Å². The van der Waals surface area contributed by atoms with E-state index in [0.717, 1.165) is 56.8 Å². The molecule has 198 valence electrons. The van der Waals surface area contributed by atoms with Crippen LogP contribution in [0.2, 0.25) is 5.02 Å². The van der Waals surface area contributed by atoms with Crippen molar-refractivity contribution in [2.75, 3.05) is 24.5 Å². The van der Waals surface area contributed by atoms with E-state index < -0.39 is 5.97 Å². The molecule has 0 saturated carbocycles. The van der Waals surface area contributed by atoms with Crippen molar-refractivity contribution in [3.63, 3.8) is 0 Å². The highest BCUT2D eigenvalue weighted by Crippen LogP contribution is 2.33. The lowest BCUT2D eigenvalue weighted by molar-refractivity contribution is -0.137. The lowest BCUT2D eigenvalue weighted by atomic mass is 9.91. The van der Waals surface area contributed by atoms with Gasteiger partial charge < -0.3 is 10.0 Å². The summed E-state index contributed by atoms with van der Waals surface area (Å²) in [5, 5.41) is 14.2. The van der Waals surface area contributed by atoms with Crippen LogP contribution in [0.15, 0.2) is 24.4 Å². The van der Waals surface area contributed by atoms with Crippen molar-refractivity contribution in [1.82, 2.24) is 24.6 Å². The molecule has 0 aliphatic carbocycles. The second-order valence-corrected chi connectivity index (χ2v) is 11.0. The zero-order chi connectivity index (χ0) is 26.3. The third-order valence-electron chi connectivity index (χ3n) is 8.06. The van der Waals surface area contributed by atoms with E-state index >= 15 is 0 Å². The van der Waals surface area contributed by atoms with Crippen LogP contribution in [0.25, 0.3) is 11.2 Å². The van der Waals surface area contributed by atoms with Gasteiger partial charge in [-0.1, -0.05) is 24.6 Å². The normalized spacial score (nSPS) is 23.6. The van der Waals surface area contributed by atoms with Gasteiger partial charge in [0.25, 0.3) is 0 Å². The highest BCUT2D eigenvalue weighted by atomic mass is 35.5. The Bertz CT molecular complexity index is 1300. The molecular formula is C27H34ClFN6O2. The molecule has 2 aliphatic heterocycles. The highest BCUT2D eigenvalue weighted by Gasteiger charge is 2.37. The number of likely N-dealkylation sites (tertiary alicyclic amines) is 1. The third kappa shape index (κ3) is 5.16. The number of carbonyl (C=O) groups is 1. The SMILES string of the molecule is Cc1nn(C(C)c2ccc(Cl)cc2F)c2nc(N3CC[C@H](N4CCC[C@H]4CCC(=O)O)[C@H](C)C3)cnc12. The summed E-state index contributed by atoms with van der Waals surface area (Å²) in [4.78, 5) is 25.6. The van der Waals surface area contributed by atoms with E-state index in [9.17, 15) is 9.18 Å². The number of hydrogen-bond donors (Lipinski definition) is 1. The van der Waals surface area contributed by atoms with Gasteiger partial charge in [-0.3, -0.25) is 9.69 Å². The van der Waals surface area contributed by atoms with E-state index in [-0.39, 0.29) is 18.3 Å². The average Bonchev–Trinajstić information content (AvgIpc) is 3.46. The molecule has 0 amide bonds. The Hall–Kier alpha value is -2.78. The smallest absolute Gasteiger partial charge is 0.303 e. The van der Waals surface area contributed by atoms with Gasteiger partial charge in [0.1, 0.15) is 17.2 Å². The van der Waals surface area contributed by atoms with Gasteiger partial charge >= 0.3 is 5.97 Å². The first kappa shape index (κ1) is 25.9. The average molecular weight is 529 g/mol. The van der Waals surface area contributed by atoms with E-state index in [1.807, 2.05) is 20.0 Å². The second-order valence-electron chi connectivity index (χ2n) is 10.5. The number of nitrogens with zero attached hydrogens (tertiary/aromatic N) is 6.